The Morgan fingerprint density at radius 2 is 0.911 bits per heavy atom. The first-order valence-corrected chi connectivity index (χ1v) is 22.9. The van der Waals surface area contributed by atoms with Crippen LogP contribution in [0.25, 0.3) is 21.7 Å². The van der Waals surface area contributed by atoms with Gasteiger partial charge in [-0.25, -0.2) is 0 Å². The fraction of sp³-hybridized carbons (Fsp3) is 0.686. The van der Waals surface area contributed by atoms with E-state index in [2.05, 4.69) is 101 Å². The summed E-state index contributed by atoms with van der Waals surface area (Å²) >= 11 is 0. The molecule has 4 nitrogen and oxygen atoms in total. The van der Waals surface area contributed by atoms with Crippen LogP contribution in [-0.2, 0) is 58.9 Å². The normalized spacial score (nSPS) is 10.9. The Morgan fingerprint density at radius 1 is 0.518 bits per heavy atom. The van der Waals surface area contributed by atoms with Gasteiger partial charge >= 0.3 is 26.3 Å². The number of allylic oxidation sites excluding steroid dienone is 2. The average molecular weight is 862 g/mol. The average Bonchev–Trinajstić information content (AvgIpc) is 3.21. The number of hydrogen-bond acceptors (Lipinski definition) is 0. The van der Waals surface area contributed by atoms with Gasteiger partial charge in [-0.2, -0.15) is 27.2 Å². The zero-order valence-corrected chi connectivity index (χ0v) is 40.2. The molecule has 56 heavy (non-hydrogen) atoms. The number of aryl methyl sites for hydroxylation is 4. The maximum absolute atomic E-state index is 9.90. The van der Waals surface area contributed by atoms with Crippen LogP contribution in [0.3, 0.4) is 0 Å². The third kappa shape index (κ3) is 21.1. The quantitative estimate of drug-likeness (QED) is 0.0226. The summed E-state index contributed by atoms with van der Waals surface area (Å²) in [4.78, 5) is 3.55. The molecule has 0 aliphatic heterocycles. The largest absolute Gasteiger partial charge is 2.00 e. The van der Waals surface area contributed by atoms with E-state index in [4.69, 9.17) is 0 Å². The van der Waals surface area contributed by atoms with Gasteiger partial charge in [0, 0.05) is 0 Å². The van der Waals surface area contributed by atoms with Crippen molar-refractivity contribution in [3.05, 3.63) is 96.1 Å². The smallest absolute Gasteiger partial charge is 0.665 e. The summed E-state index contributed by atoms with van der Waals surface area (Å²) < 4.78 is 0. The van der Waals surface area contributed by atoms with Crippen molar-refractivity contribution in [2.75, 3.05) is 27.2 Å². The van der Waals surface area contributed by atoms with E-state index in [0.29, 0.717) is 0 Å². The summed E-state index contributed by atoms with van der Waals surface area (Å²) in [6, 6.07) is 10.2. The Balaban J connectivity index is 0. The molecule has 0 aromatic heterocycles. The molecule has 2 aromatic rings. The Kier molecular flexibility index (Phi) is 37.2. The minimum atomic E-state index is 0. The van der Waals surface area contributed by atoms with Gasteiger partial charge in [-0.15, -0.1) is 4.79 Å². The van der Waals surface area contributed by atoms with Gasteiger partial charge < -0.3 is 16.2 Å². The van der Waals surface area contributed by atoms with Crippen molar-refractivity contribution in [3.8, 4) is 0 Å². The van der Waals surface area contributed by atoms with Crippen LogP contribution in [0.15, 0.2) is 35.4 Å². The third-order valence-corrected chi connectivity index (χ3v) is 10.7. The molecule has 0 aliphatic rings. The van der Waals surface area contributed by atoms with Crippen LogP contribution in [0.1, 0.15) is 210 Å². The van der Waals surface area contributed by atoms with E-state index in [-0.39, 0.29) is 20.4 Å². The Morgan fingerprint density at radius 3 is 1.27 bits per heavy atom. The Hall–Kier alpha value is -2.08. The van der Waals surface area contributed by atoms with Gasteiger partial charge in [0.2, 0.25) is 0 Å². The summed E-state index contributed by atoms with van der Waals surface area (Å²) in [5.74, 6) is 3.12. The minimum Gasteiger partial charge on any atom is -0.665 e. The molecule has 0 aliphatic carbocycles. The summed E-state index contributed by atoms with van der Waals surface area (Å²) in [5, 5.41) is 7.47. The minimum absolute atomic E-state index is 0. The molecular formula is C51H86N4Pd. The molecule has 2 aromatic carbocycles. The summed E-state index contributed by atoms with van der Waals surface area (Å²) in [7, 11) is 3.61. The second-order valence-electron chi connectivity index (χ2n) is 15.0. The van der Waals surface area contributed by atoms with Gasteiger partial charge in [0.25, 0.3) is 0 Å². The fourth-order valence-electron chi connectivity index (χ4n) is 7.40. The molecule has 0 spiro atoms. The van der Waals surface area contributed by atoms with Crippen molar-refractivity contribution in [2.45, 2.75) is 204 Å². The predicted octanol–water partition coefficient (Wildman–Crippen LogP) is 15.6. The van der Waals surface area contributed by atoms with Crippen LogP contribution >= 0.6 is 0 Å². The van der Waals surface area contributed by atoms with Crippen LogP contribution in [0.4, 0.5) is 0 Å². The second-order valence-corrected chi connectivity index (χ2v) is 15.0. The van der Waals surface area contributed by atoms with Gasteiger partial charge in [0.05, 0.1) is 5.57 Å². The van der Waals surface area contributed by atoms with Crippen molar-refractivity contribution in [3.63, 3.8) is 0 Å². The van der Waals surface area contributed by atoms with E-state index in [1.807, 2.05) is 13.8 Å². The van der Waals surface area contributed by atoms with Crippen LogP contribution in [0, 0.1) is 0 Å². The molecule has 0 bridgehead atoms. The van der Waals surface area contributed by atoms with Crippen LogP contribution in [0.5, 0.6) is 0 Å². The molecule has 0 saturated heterocycles. The molecule has 2 rings (SSSR count). The zero-order chi connectivity index (χ0) is 41.3. The maximum atomic E-state index is 9.90. The van der Waals surface area contributed by atoms with Crippen molar-refractivity contribution in [1.29, 1.82) is 0 Å². The number of benzene rings is 2. The molecule has 0 N–H and O–H groups in total. The van der Waals surface area contributed by atoms with E-state index in [1.54, 1.807) is 30.8 Å². The van der Waals surface area contributed by atoms with Gasteiger partial charge in [-0.3, -0.25) is 0 Å². The topological polar surface area (TPSA) is 64.6 Å². The molecule has 0 heterocycles. The van der Waals surface area contributed by atoms with E-state index >= 15 is 0 Å². The molecule has 0 fully saturated rings. The van der Waals surface area contributed by atoms with Gasteiger partial charge in [-0.05, 0) is 139 Å². The van der Waals surface area contributed by atoms with Crippen LogP contribution in [-0.4, -0.2) is 37.8 Å². The maximum Gasteiger partial charge on any atom is 2.00 e. The Bertz CT molecular complexity index is 1350. The fourth-order valence-corrected chi connectivity index (χ4v) is 7.40. The molecule has 0 radical (unpaired) electrons. The molecule has 0 atom stereocenters. The molecular weight excluding hydrogens is 775 g/mol. The SMILES string of the molecule is CCCCCc1cc(C(=C(CCCC)C(=C=[N+]=[N-])CCCC)c2cc(CC)c(CC)c(CC)c2)cc(CCCCC)c1CCCCC.CC[N-]C.CC[N-]C.[Pd+2]. The zero-order valence-electron chi connectivity index (χ0n) is 38.7. The van der Waals surface area contributed by atoms with Crippen molar-refractivity contribution in [1.82, 2.24) is 0 Å². The van der Waals surface area contributed by atoms with E-state index < -0.39 is 0 Å². The van der Waals surface area contributed by atoms with Crippen LogP contribution in [0.2, 0.25) is 0 Å². The standard InChI is InChI=1S/C45H70N2.2C3H8N.Pd/c1-9-17-22-26-37-32-41(33-38(27-23-18-10-2)43(37)29-24-19-11-3)45(40-30-35(14-6)42(16-8)36(15-7)31-40)44(28-21-13-5)39(34-47-46)25-20-12-4;2*1-3-4-2;/h30-33H,9-29H2,1-8H3;2*3H2,1-2H3;/q;2*-1;+2. The van der Waals surface area contributed by atoms with Gasteiger partial charge in [-0.1, -0.05) is 145 Å². The van der Waals surface area contributed by atoms with E-state index in [0.717, 1.165) is 89.3 Å². The number of rotatable bonds is 26. The summed E-state index contributed by atoms with van der Waals surface area (Å²) in [6.45, 7) is 24.3. The van der Waals surface area contributed by atoms with E-state index in [9.17, 15) is 5.53 Å². The van der Waals surface area contributed by atoms with Crippen molar-refractivity contribution >= 4 is 11.4 Å². The Labute approximate surface area is 362 Å². The van der Waals surface area contributed by atoms with E-state index in [1.165, 1.54) is 103 Å². The molecule has 5 heteroatoms. The van der Waals surface area contributed by atoms with Gasteiger partial charge in [0.1, 0.15) is 0 Å². The summed E-state index contributed by atoms with van der Waals surface area (Å²) in [6.07, 6.45) is 24.3. The first kappa shape index (κ1) is 56.0. The third-order valence-electron chi connectivity index (χ3n) is 10.7. The summed E-state index contributed by atoms with van der Waals surface area (Å²) in [5.41, 5.74) is 25.7. The predicted molar refractivity (Wildman–Crippen MR) is 248 cm³/mol. The van der Waals surface area contributed by atoms with Crippen LogP contribution < -0.4 is 0 Å². The first-order valence-electron chi connectivity index (χ1n) is 22.9. The second kappa shape index (κ2) is 37.2. The molecule has 320 valence electrons. The monoisotopic (exact) mass is 861 g/mol. The number of nitrogens with zero attached hydrogens (tertiary/aromatic N) is 4. The van der Waals surface area contributed by atoms with Crippen molar-refractivity contribution in [2.24, 2.45) is 0 Å². The molecule has 0 unspecified atom stereocenters. The van der Waals surface area contributed by atoms with Gasteiger partial charge in [0.15, 0.2) is 0 Å². The molecule has 0 amide bonds. The first-order chi connectivity index (χ1) is 26.8. The van der Waals surface area contributed by atoms with Crippen molar-refractivity contribution < 1.29 is 25.2 Å². The molecule has 0 saturated carbocycles. The number of hydrogen-bond donors (Lipinski definition) is 0. The number of unbranched alkanes of at least 4 members (excludes halogenated alkanes) is 8.